The Hall–Kier alpha value is -2.05. The van der Waals surface area contributed by atoms with E-state index in [2.05, 4.69) is 10.6 Å². The lowest BCUT2D eigenvalue weighted by Gasteiger charge is -2.31. The van der Waals surface area contributed by atoms with Gasteiger partial charge in [-0.15, -0.1) is 0 Å². The van der Waals surface area contributed by atoms with Crippen molar-refractivity contribution in [3.05, 3.63) is 35.9 Å². The van der Waals surface area contributed by atoms with E-state index in [9.17, 15) is 22.8 Å². The summed E-state index contributed by atoms with van der Waals surface area (Å²) in [7, 11) is 0. The standard InChI is InChI=1S/C17H21F3N2O2/c18-17(19,20)13-7-4-8-14(10-13)22-16(24)11-21-15(23)9-12-5-2-1-3-6-12/h1-3,5-6,13-14H,4,7-11H2,(H,21,23)(H,22,24)/t13-,14+/m1/s1. The van der Waals surface area contributed by atoms with Gasteiger partial charge in [-0.2, -0.15) is 13.2 Å². The van der Waals surface area contributed by atoms with Gasteiger partial charge < -0.3 is 10.6 Å². The summed E-state index contributed by atoms with van der Waals surface area (Å²) in [6, 6.07) is 8.60. The van der Waals surface area contributed by atoms with Crippen LogP contribution in [0.4, 0.5) is 13.2 Å². The van der Waals surface area contributed by atoms with Crippen molar-refractivity contribution in [3.63, 3.8) is 0 Å². The first-order chi connectivity index (χ1) is 11.3. The van der Waals surface area contributed by atoms with Gasteiger partial charge in [0, 0.05) is 6.04 Å². The normalized spacial score (nSPS) is 21.1. The molecule has 0 aliphatic heterocycles. The first-order valence-electron chi connectivity index (χ1n) is 8.01. The molecule has 1 aliphatic rings. The minimum absolute atomic E-state index is 0.0901. The molecule has 7 heteroatoms. The average Bonchev–Trinajstić information content (AvgIpc) is 2.53. The van der Waals surface area contributed by atoms with Crippen molar-refractivity contribution in [2.75, 3.05) is 6.54 Å². The molecule has 2 amide bonds. The maximum Gasteiger partial charge on any atom is 0.391 e. The van der Waals surface area contributed by atoms with Gasteiger partial charge in [-0.05, 0) is 24.8 Å². The van der Waals surface area contributed by atoms with Gasteiger partial charge in [0.1, 0.15) is 0 Å². The van der Waals surface area contributed by atoms with Crippen molar-refractivity contribution in [2.24, 2.45) is 5.92 Å². The maximum atomic E-state index is 12.7. The van der Waals surface area contributed by atoms with Crippen LogP contribution in [-0.2, 0) is 16.0 Å². The first kappa shape index (κ1) is 18.3. The molecule has 0 heterocycles. The molecule has 1 aromatic carbocycles. The Balaban J connectivity index is 1.72. The maximum absolute atomic E-state index is 12.7. The number of alkyl halides is 3. The van der Waals surface area contributed by atoms with Crippen molar-refractivity contribution in [1.29, 1.82) is 0 Å². The molecule has 1 aromatic rings. The molecule has 2 atom stereocenters. The summed E-state index contributed by atoms with van der Waals surface area (Å²) < 4.78 is 38.2. The van der Waals surface area contributed by atoms with Gasteiger partial charge in [0.05, 0.1) is 18.9 Å². The minimum Gasteiger partial charge on any atom is -0.352 e. The summed E-state index contributed by atoms with van der Waals surface area (Å²) in [5.74, 6) is -2.11. The SMILES string of the molecule is O=C(Cc1ccccc1)NCC(=O)N[C@H]1CCC[C@@H](C(F)(F)F)C1. The molecule has 0 saturated heterocycles. The van der Waals surface area contributed by atoms with Crippen LogP contribution < -0.4 is 10.6 Å². The quantitative estimate of drug-likeness (QED) is 0.864. The van der Waals surface area contributed by atoms with Crippen LogP contribution in [0.25, 0.3) is 0 Å². The number of amides is 2. The Morgan fingerprint density at radius 1 is 1.08 bits per heavy atom. The molecular weight excluding hydrogens is 321 g/mol. The van der Waals surface area contributed by atoms with Crippen LogP contribution in [0.3, 0.4) is 0 Å². The lowest BCUT2D eigenvalue weighted by atomic mass is 9.85. The highest BCUT2D eigenvalue weighted by atomic mass is 19.4. The Morgan fingerprint density at radius 2 is 1.79 bits per heavy atom. The number of carbonyl (C=O) groups is 2. The number of nitrogens with one attached hydrogen (secondary N) is 2. The molecule has 24 heavy (non-hydrogen) atoms. The molecule has 0 unspecified atom stereocenters. The third-order valence-electron chi connectivity index (χ3n) is 4.16. The zero-order chi connectivity index (χ0) is 17.6. The molecule has 1 fully saturated rings. The number of rotatable bonds is 5. The lowest BCUT2D eigenvalue weighted by molar-refractivity contribution is -0.184. The van der Waals surface area contributed by atoms with E-state index in [0.29, 0.717) is 12.8 Å². The van der Waals surface area contributed by atoms with Gasteiger partial charge >= 0.3 is 6.18 Å². The minimum atomic E-state index is -4.21. The van der Waals surface area contributed by atoms with Crippen LogP contribution in [0, 0.1) is 5.92 Å². The molecule has 1 saturated carbocycles. The summed E-state index contributed by atoms with van der Waals surface area (Å²) in [5, 5.41) is 5.08. The number of benzene rings is 1. The van der Waals surface area contributed by atoms with Gasteiger partial charge in [-0.25, -0.2) is 0 Å². The molecule has 0 bridgehead atoms. The molecule has 1 aliphatic carbocycles. The van der Waals surface area contributed by atoms with Crippen LogP contribution in [0.2, 0.25) is 0 Å². The third kappa shape index (κ3) is 5.86. The Kier molecular flexibility index (Phi) is 6.23. The molecule has 132 valence electrons. The zero-order valence-corrected chi connectivity index (χ0v) is 13.2. The second-order valence-electron chi connectivity index (χ2n) is 6.11. The second-order valence-corrected chi connectivity index (χ2v) is 6.11. The van der Waals surface area contributed by atoms with E-state index in [1.807, 2.05) is 18.2 Å². The van der Waals surface area contributed by atoms with Crippen LogP contribution in [0.5, 0.6) is 0 Å². The number of carbonyl (C=O) groups excluding carboxylic acids is 2. The van der Waals surface area contributed by atoms with E-state index in [1.165, 1.54) is 0 Å². The van der Waals surface area contributed by atoms with Crippen molar-refractivity contribution in [1.82, 2.24) is 10.6 Å². The van der Waals surface area contributed by atoms with E-state index in [0.717, 1.165) is 5.56 Å². The first-order valence-corrected chi connectivity index (χ1v) is 8.01. The van der Waals surface area contributed by atoms with Gasteiger partial charge in [0.2, 0.25) is 11.8 Å². The van der Waals surface area contributed by atoms with Crippen molar-refractivity contribution in [3.8, 4) is 0 Å². The second kappa shape index (κ2) is 8.17. The monoisotopic (exact) mass is 342 g/mol. The van der Waals surface area contributed by atoms with Crippen molar-refractivity contribution < 1.29 is 22.8 Å². The van der Waals surface area contributed by atoms with Crippen molar-refractivity contribution in [2.45, 2.75) is 44.3 Å². The molecule has 4 nitrogen and oxygen atoms in total. The average molecular weight is 342 g/mol. The van der Waals surface area contributed by atoms with Gasteiger partial charge in [-0.3, -0.25) is 9.59 Å². The molecule has 0 spiro atoms. The predicted octanol–water partition coefficient (Wildman–Crippen LogP) is 2.58. The van der Waals surface area contributed by atoms with Crippen LogP contribution in [0.1, 0.15) is 31.2 Å². The summed E-state index contributed by atoms with van der Waals surface area (Å²) >= 11 is 0. The Bertz CT molecular complexity index is 561. The molecule has 2 N–H and O–H groups in total. The van der Waals surface area contributed by atoms with Crippen LogP contribution in [-0.4, -0.2) is 30.6 Å². The molecule has 0 radical (unpaired) electrons. The molecule has 2 rings (SSSR count). The summed E-state index contributed by atoms with van der Waals surface area (Å²) in [5.41, 5.74) is 0.829. The lowest BCUT2D eigenvalue weighted by Crippen LogP contribution is -2.45. The van der Waals surface area contributed by atoms with Gasteiger partial charge in [0.15, 0.2) is 0 Å². The largest absolute Gasteiger partial charge is 0.391 e. The zero-order valence-electron chi connectivity index (χ0n) is 13.2. The van der Waals surface area contributed by atoms with E-state index < -0.39 is 24.0 Å². The summed E-state index contributed by atoms with van der Waals surface area (Å²) in [6.45, 7) is -0.223. The summed E-state index contributed by atoms with van der Waals surface area (Å²) in [6.07, 6.45) is -3.05. The predicted molar refractivity (Wildman–Crippen MR) is 83.1 cm³/mol. The highest BCUT2D eigenvalue weighted by molar-refractivity contribution is 5.85. The number of hydrogen-bond donors (Lipinski definition) is 2. The van der Waals surface area contributed by atoms with E-state index in [-0.39, 0.29) is 31.7 Å². The fourth-order valence-corrected chi connectivity index (χ4v) is 2.92. The summed E-state index contributed by atoms with van der Waals surface area (Å²) in [4.78, 5) is 23.6. The van der Waals surface area contributed by atoms with Gasteiger partial charge in [-0.1, -0.05) is 36.8 Å². The topological polar surface area (TPSA) is 58.2 Å². The number of hydrogen-bond acceptors (Lipinski definition) is 2. The highest BCUT2D eigenvalue weighted by Crippen LogP contribution is 2.37. The Labute approximate surface area is 138 Å². The van der Waals surface area contributed by atoms with Crippen LogP contribution in [0.15, 0.2) is 30.3 Å². The van der Waals surface area contributed by atoms with Crippen LogP contribution >= 0.6 is 0 Å². The molecule has 0 aromatic heterocycles. The smallest absolute Gasteiger partial charge is 0.352 e. The highest BCUT2D eigenvalue weighted by Gasteiger charge is 2.42. The fourth-order valence-electron chi connectivity index (χ4n) is 2.92. The van der Waals surface area contributed by atoms with E-state index in [1.54, 1.807) is 12.1 Å². The third-order valence-corrected chi connectivity index (χ3v) is 4.16. The number of halogens is 3. The fraction of sp³-hybridized carbons (Fsp3) is 0.529. The van der Waals surface area contributed by atoms with Gasteiger partial charge in [0.25, 0.3) is 0 Å². The van der Waals surface area contributed by atoms with E-state index in [4.69, 9.17) is 0 Å². The van der Waals surface area contributed by atoms with Crippen molar-refractivity contribution >= 4 is 11.8 Å². The molecular formula is C17H21F3N2O2. The Morgan fingerprint density at radius 3 is 2.46 bits per heavy atom. The van der Waals surface area contributed by atoms with E-state index >= 15 is 0 Å².